The summed E-state index contributed by atoms with van der Waals surface area (Å²) in [5, 5.41) is 8.47. The number of amides is 1. The second-order valence-corrected chi connectivity index (χ2v) is 1.48. The van der Waals surface area contributed by atoms with E-state index in [-0.39, 0.29) is 5.71 Å². The fourth-order valence-corrected chi connectivity index (χ4v) is 0.340. The van der Waals surface area contributed by atoms with Gasteiger partial charge in [0.2, 0.25) is 5.88 Å². The number of hydrogen-bond donors (Lipinski definition) is 2. The van der Waals surface area contributed by atoms with E-state index >= 15 is 0 Å². The Bertz CT molecular complexity index is 206. The highest BCUT2D eigenvalue weighted by atomic mass is 16.3. The summed E-state index contributed by atoms with van der Waals surface area (Å²) >= 11 is 0. The van der Waals surface area contributed by atoms with E-state index in [9.17, 15) is 4.79 Å². The second-order valence-electron chi connectivity index (χ2n) is 1.48. The zero-order chi connectivity index (χ0) is 8.15. The number of aliphatic hydroxyl groups is 1. The number of carbonyl (C=O) groups excluding carboxylic acids is 1. The number of aliphatic imine (C=N–C) groups is 1. The van der Waals surface area contributed by atoms with Crippen LogP contribution < -0.4 is 5.73 Å². The van der Waals surface area contributed by atoms with Gasteiger partial charge < -0.3 is 10.8 Å². The molecule has 0 aliphatic rings. The number of primary amides is 1. The number of nitrogens with zero attached hydrogens (tertiary/aromatic N) is 1. The van der Waals surface area contributed by atoms with Crippen molar-refractivity contribution < 1.29 is 9.90 Å². The average molecular weight is 140 g/mol. The third-order valence-electron chi connectivity index (χ3n) is 0.695. The summed E-state index contributed by atoms with van der Waals surface area (Å²) in [6.07, 6.45) is 1.14. The lowest BCUT2D eigenvalue weighted by atomic mass is 10.3. The van der Waals surface area contributed by atoms with Crippen LogP contribution >= 0.6 is 0 Å². The molecule has 4 nitrogen and oxygen atoms in total. The molecule has 4 heteroatoms. The Morgan fingerprint density at radius 3 is 2.30 bits per heavy atom. The largest absolute Gasteiger partial charge is 0.494 e. The predicted molar refractivity (Wildman–Crippen MR) is 38.6 cm³/mol. The van der Waals surface area contributed by atoms with Gasteiger partial charge in [0.1, 0.15) is 5.71 Å². The Kier molecular flexibility index (Phi) is 2.90. The Morgan fingerprint density at radius 1 is 1.70 bits per heavy atom. The molecule has 0 aromatic carbocycles. The molecule has 0 bridgehead atoms. The highest BCUT2D eigenvalue weighted by Gasteiger charge is 2.00. The molecule has 0 spiro atoms. The van der Waals surface area contributed by atoms with Gasteiger partial charge in [0.05, 0.1) is 0 Å². The summed E-state index contributed by atoms with van der Waals surface area (Å²) in [5.41, 5.74) is 4.70. The van der Waals surface area contributed by atoms with E-state index in [2.05, 4.69) is 18.2 Å². The summed E-state index contributed by atoms with van der Waals surface area (Å²) in [5.74, 6) is -1.21. The molecule has 0 fully saturated rings. The highest BCUT2D eigenvalue weighted by molar-refractivity contribution is 6.42. The van der Waals surface area contributed by atoms with Gasteiger partial charge in [-0.25, -0.2) is 4.99 Å². The van der Waals surface area contributed by atoms with E-state index in [4.69, 9.17) is 10.8 Å². The minimum atomic E-state index is -0.745. The standard InChI is InChI=1S/C6H8N2O2/c1-3-5(6(7)10)8-4(2)9/h3,9H,1-2H2,(H2,7,10)/b8-5+. The molecule has 0 aromatic heterocycles. The van der Waals surface area contributed by atoms with Gasteiger partial charge in [0.15, 0.2) is 0 Å². The molecule has 10 heavy (non-hydrogen) atoms. The number of nitrogens with two attached hydrogens (primary N) is 1. The van der Waals surface area contributed by atoms with Crippen LogP contribution in [0, 0.1) is 0 Å². The minimum Gasteiger partial charge on any atom is -0.494 e. The third kappa shape index (κ3) is 2.66. The summed E-state index contributed by atoms with van der Waals surface area (Å²) in [4.78, 5) is 13.6. The van der Waals surface area contributed by atoms with Crippen LogP contribution in [0.5, 0.6) is 0 Å². The van der Waals surface area contributed by atoms with Crippen molar-refractivity contribution in [2.75, 3.05) is 0 Å². The molecule has 0 aliphatic heterocycles. The second kappa shape index (κ2) is 3.45. The fraction of sp³-hybridized carbons (Fsp3) is 0. The lowest BCUT2D eigenvalue weighted by Crippen LogP contribution is -2.21. The van der Waals surface area contributed by atoms with Crippen LogP contribution in [0.15, 0.2) is 30.1 Å². The van der Waals surface area contributed by atoms with Crippen LogP contribution in [0.1, 0.15) is 0 Å². The monoisotopic (exact) mass is 140 g/mol. The van der Waals surface area contributed by atoms with Crippen molar-refractivity contribution in [1.29, 1.82) is 0 Å². The lowest BCUT2D eigenvalue weighted by molar-refractivity contribution is -0.111. The Labute approximate surface area is 58.4 Å². The smallest absolute Gasteiger partial charge is 0.267 e. The molecular weight excluding hydrogens is 132 g/mol. The maximum Gasteiger partial charge on any atom is 0.267 e. The van der Waals surface area contributed by atoms with Crippen molar-refractivity contribution in [2.45, 2.75) is 0 Å². The van der Waals surface area contributed by atoms with Crippen molar-refractivity contribution in [2.24, 2.45) is 10.7 Å². The van der Waals surface area contributed by atoms with Crippen LogP contribution in [0.4, 0.5) is 0 Å². The summed E-state index contributed by atoms with van der Waals surface area (Å²) in [6.45, 7) is 6.29. The summed E-state index contributed by atoms with van der Waals surface area (Å²) < 4.78 is 0. The van der Waals surface area contributed by atoms with Gasteiger partial charge in [-0.3, -0.25) is 4.79 Å². The molecule has 54 valence electrons. The van der Waals surface area contributed by atoms with Crippen molar-refractivity contribution in [3.05, 3.63) is 25.1 Å². The zero-order valence-electron chi connectivity index (χ0n) is 5.37. The molecule has 0 saturated carbocycles. The Balaban J connectivity index is 4.49. The normalized spacial score (nSPS) is 10.6. The maximum atomic E-state index is 10.3. The number of aliphatic hydroxyl groups excluding tert-OH is 1. The summed E-state index contributed by atoms with van der Waals surface area (Å²) in [7, 11) is 0. The molecule has 0 aromatic rings. The average Bonchev–Trinajstić information content (AvgIpc) is 1.81. The number of carbonyl (C=O) groups is 1. The van der Waals surface area contributed by atoms with Gasteiger partial charge in [-0.1, -0.05) is 6.58 Å². The van der Waals surface area contributed by atoms with Crippen LogP contribution in [0.3, 0.4) is 0 Å². The van der Waals surface area contributed by atoms with Gasteiger partial charge >= 0.3 is 0 Å². The van der Waals surface area contributed by atoms with Gasteiger partial charge in [-0.15, -0.1) is 0 Å². The van der Waals surface area contributed by atoms with Crippen molar-refractivity contribution in [3.63, 3.8) is 0 Å². The van der Waals surface area contributed by atoms with E-state index < -0.39 is 11.8 Å². The predicted octanol–water partition coefficient (Wildman–Crippen LogP) is 0.128. The maximum absolute atomic E-state index is 10.3. The van der Waals surface area contributed by atoms with E-state index in [0.717, 1.165) is 6.08 Å². The Morgan fingerprint density at radius 2 is 2.20 bits per heavy atom. The highest BCUT2D eigenvalue weighted by Crippen LogP contribution is 1.87. The van der Waals surface area contributed by atoms with Crippen molar-refractivity contribution in [1.82, 2.24) is 0 Å². The van der Waals surface area contributed by atoms with E-state index in [0.29, 0.717) is 0 Å². The van der Waals surface area contributed by atoms with Crippen LogP contribution in [0.2, 0.25) is 0 Å². The number of rotatable bonds is 3. The van der Waals surface area contributed by atoms with E-state index in [1.165, 1.54) is 0 Å². The SMILES string of the molecule is C=C/C(=N\C(=C)O)C(N)=O. The van der Waals surface area contributed by atoms with Crippen molar-refractivity contribution >= 4 is 11.6 Å². The third-order valence-corrected chi connectivity index (χ3v) is 0.695. The molecule has 0 radical (unpaired) electrons. The van der Waals surface area contributed by atoms with Gasteiger partial charge in [0.25, 0.3) is 5.91 Å². The molecule has 0 unspecified atom stereocenters. The first-order valence-corrected chi connectivity index (χ1v) is 2.46. The first kappa shape index (κ1) is 8.42. The molecule has 0 heterocycles. The first-order valence-electron chi connectivity index (χ1n) is 2.46. The van der Waals surface area contributed by atoms with Gasteiger partial charge in [0, 0.05) is 0 Å². The topological polar surface area (TPSA) is 75.7 Å². The van der Waals surface area contributed by atoms with E-state index in [1.807, 2.05) is 0 Å². The molecule has 0 rings (SSSR count). The lowest BCUT2D eigenvalue weighted by Gasteiger charge is -1.91. The van der Waals surface area contributed by atoms with E-state index in [1.54, 1.807) is 0 Å². The Hall–Kier alpha value is -1.58. The zero-order valence-corrected chi connectivity index (χ0v) is 5.37. The van der Waals surface area contributed by atoms with Crippen LogP contribution in [-0.4, -0.2) is 16.7 Å². The fourth-order valence-electron chi connectivity index (χ4n) is 0.340. The molecule has 0 aliphatic carbocycles. The molecule has 0 saturated heterocycles. The van der Waals surface area contributed by atoms with Crippen LogP contribution in [-0.2, 0) is 4.79 Å². The molecule has 0 atom stereocenters. The minimum absolute atomic E-state index is 0.104. The van der Waals surface area contributed by atoms with Crippen molar-refractivity contribution in [3.8, 4) is 0 Å². The van der Waals surface area contributed by atoms with Gasteiger partial charge in [-0.2, -0.15) is 0 Å². The summed E-state index contributed by atoms with van der Waals surface area (Å²) in [6, 6.07) is 0. The van der Waals surface area contributed by atoms with Crippen LogP contribution in [0.25, 0.3) is 0 Å². The van der Waals surface area contributed by atoms with Gasteiger partial charge in [-0.05, 0) is 12.7 Å². The first-order chi connectivity index (χ1) is 4.57. The molecule has 3 N–H and O–H groups in total. The number of hydrogen-bond acceptors (Lipinski definition) is 3. The molecule has 1 amide bonds. The molecular formula is C6H8N2O2. The quantitative estimate of drug-likeness (QED) is 0.431.